The quantitative estimate of drug-likeness (QED) is 0.734. The average Bonchev–Trinajstić information content (AvgIpc) is 2.83. The number of imidazole rings is 1. The van der Waals surface area contributed by atoms with Crippen molar-refractivity contribution in [3.63, 3.8) is 0 Å². The number of benzene rings is 1. The van der Waals surface area contributed by atoms with Gasteiger partial charge in [0.05, 0.1) is 22.9 Å². The van der Waals surface area contributed by atoms with Gasteiger partial charge in [-0.1, -0.05) is 12.1 Å². The normalized spacial score (nSPS) is 12.8. The third-order valence-electron chi connectivity index (χ3n) is 2.92. The maximum atomic E-state index is 6.17. The molecule has 3 aromatic rings. The molecule has 2 heterocycles. The largest absolute Gasteiger partial charge is 0.336 e. The second kappa shape index (κ2) is 4.19. The van der Waals surface area contributed by atoms with Crippen LogP contribution in [0.25, 0.3) is 11.0 Å². The van der Waals surface area contributed by atoms with E-state index < -0.39 is 0 Å². The second-order valence-electron chi connectivity index (χ2n) is 4.16. The van der Waals surface area contributed by atoms with Gasteiger partial charge in [-0.3, -0.25) is 4.98 Å². The van der Waals surface area contributed by atoms with Crippen molar-refractivity contribution < 1.29 is 0 Å². The minimum Gasteiger partial charge on any atom is -0.336 e. The highest BCUT2D eigenvalue weighted by Gasteiger charge is 2.15. The lowest BCUT2D eigenvalue weighted by molar-refractivity contribution is 0.700. The van der Waals surface area contributed by atoms with Gasteiger partial charge >= 0.3 is 0 Å². The van der Waals surface area contributed by atoms with Crippen LogP contribution in [0.5, 0.6) is 0 Å². The van der Waals surface area contributed by atoms with Crippen LogP contribution in [0.15, 0.2) is 42.9 Å². The van der Waals surface area contributed by atoms with Gasteiger partial charge in [-0.05, 0) is 12.1 Å². The van der Waals surface area contributed by atoms with Crippen LogP contribution >= 0.6 is 0 Å². The van der Waals surface area contributed by atoms with Crippen molar-refractivity contribution in [1.29, 1.82) is 0 Å². The fourth-order valence-electron chi connectivity index (χ4n) is 1.93. The number of nitrogens with two attached hydrogens (primary N) is 1. The molecule has 1 unspecified atom stereocenters. The molecule has 0 fully saturated rings. The Labute approximate surface area is 104 Å². The molecule has 18 heavy (non-hydrogen) atoms. The Morgan fingerprint density at radius 3 is 2.67 bits per heavy atom. The number of aryl methyl sites for hydroxylation is 1. The van der Waals surface area contributed by atoms with Crippen molar-refractivity contribution >= 4 is 11.0 Å². The molecule has 90 valence electrons. The summed E-state index contributed by atoms with van der Waals surface area (Å²) in [5, 5.41) is 0. The number of para-hydroxylation sites is 2. The van der Waals surface area contributed by atoms with Gasteiger partial charge in [-0.15, -0.1) is 0 Å². The molecule has 0 radical (unpaired) electrons. The predicted molar refractivity (Wildman–Crippen MR) is 68.8 cm³/mol. The Morgan fingerprint density at radius 2 is 1.94 bits per heavy atom. The van der Waals surface area contributed by atoms with Gasteiger partial charge in [0.25, 0.3) is 0 Å². The SMILES string of the molecule is Cn1ccnc1C(N)c1cnc2ccccc2n1. The van der Waals surface area contributed by atoms with E-state index in [-0.39, 0.29) is 6.04 Å². The van der Waals surface area contributed by atoms with Crippen molar-refractivity contribution in [1.82, 2.24) is 19.5 Å². The first-order chi connectivity index (χ1) is 8.75. The van der Waals surface area contributed by atoms with Crippen LogP contribution in [0.4, 0.5) is 0 Å². The van der Waals surface area contributed by atoms with E-state index in [2.05, 4.69) is 15.0 Å². The highest BCUT2D eigenvalue weighted by molar-refractivity contribution is 5.73. The van der Waals surface area contributed by atoms with Gasteiger partial charge in [-0.2, -0.15) is 0 Å². The Hall–Kier alpha value is -2.27. The number of hydrogen-bond acceptors (Lipinski definition) is 4. The molecule has 0 spiro atoms. The summed E-state index contributed by atoms with van der Waals surface area (Å²) in [4.78, 5) is 13.1. The molecule has 0 saturated carbocycles. The second-order valence-corrected chi connectivity index (χ2v) is 4.16. The van der Waals surface area contributed by atoms with E-state index in [1.54, 1.807) is 12.4 Å². The van der Waals surface area contributed by atoms with Crippen LogP contribution in [0.1, 0.15) is 17.6 Å². The Kier molecular flexibility index (Phi) is 2.53. The summed E-state index contributed by atoms with van der Waals surface area (Å²) in [5.41, 5.74) is 8.61. The fraction of sp³-hybridized carbons (Fsp3) is 0.154. The molecule has 1 atom stereocenters. The maximum absolute atomic E-state index is 6.17. The highest BCUT2D eigenvalue weighted by atomic mass is 15.1. The molecule has 0 aliphatic heterocycles. The van der Waals surface area contributed by atoms with Crippen LogP contribution in [0.2, 0.25) is 0 Å². The first-order valence-corrected chi connectivity index (χ1v) is 5.70. The molecule has 0 bridgehead atoms. The van der Waals surface area contributed by atoms with Crippen molar-refractivity contribution in [3.05, 3.63) is 54.4 Å². The summed E-state index contributed by atoms with van der Waals surface area (Å²) >= 11 is 0. The summed E-state index contributed by atoms with van der Waals surface area (Å²) < 4.78 is 1.89. The smallest absolute Gasteiger partial charge is 0.131 e. The molecule has 0 aliphatic carbocycles. The lowest BCUT2D eigenvalue weighted by Crippen LogP contribution is -2.18. The topological polar surface area (TPSA) is 69.6 Å². The lowest BCUT2D eigenvalue weighted by atomic mass is 10.2. The van der Waals surface area contributed by atoms with Crippen molar-refractivity contribution in [3.8, 4) is 0 Å². The van der Waals surface area contributed by atoms with Gasteiger partial charge < -0.3 is 10.3 Å². The Balaban J connectivity index is 2.07. The zero-order valence-electron chi connectivity index (χ0n) is 9.99. The van der Waals surface area contributed by atoms with Crippen molar-refractivity contribution in [2.45, 2.75) is 6.04 Å². The summed E-state index contributed by atoms with van der Waals surface area (Å²) in [6, 6.07) is 7.37. The minimum absolute atomic E-state index is 0.359. The van der Waals surface area contributed by atoms with Crippen LogP contribution < -0.4 is 5.73 Å². The molecule has 2 N–H and O–H groups in total. The summed E-state index contributed by atoms with van der Waals surface area (Å²) in [6.07, 6.45) is 5.30. The van der Waals surface area contributed by atoms with Gasteiger partial charge in [0, 0.05) is 19.4 Å². The zero-order valence-corrected chi connectivity index (χ0v) is 9.99. The molecule has 5 nitrogen and oxygen atoms in total. The Morgan fingerprint density at radius 1 is 1.17 bits per heavy atom. The van der Waals surface area contributed by atoms with E-state index in [1.165, 1.54) is 0 Å². The molecule has 0 saturated heterocycles. The predicted octanol–water partition coefficient (Wildman–Crippen LogP) is 1.41. The number of nitrogens with zero attached hydrogens (tertiary/aromatic N) is 4. The molecule has 0 aliphatic rings. The third-order valence-corrected chi connectivity index (χ3v) is 2.92. The van der Waals surface area contributed by atoms with Crippen molar-refractivity contribution in [2.75, 3.05) is 0 Å². The van der Waals surface area contributed by atoms with Gasteiger partial charge in [-0.25, -0.2) is 9.97 Å². The molecule has 3 rings (SSSR count). The monoisotopic (exact) mass is 239 g/mol. The van der Waals surface area contributed by atoms with Crippen LogP contribution in [-0.2, 0) is 7.05 Å². The summed E-state index contributed by atoms with van der Waals surface area (Å²) in [6.45, 7) is 0. The number of aromatic nitrogens is 4. The van der Waals surface area contributed by atoms with Gasteiger partial charge in [0.1, 0.15) is 11.9 Å². The van der Waals surface area contributed by atoms with Gasteiger partial charge in [0.2, 0.25) is 0 Å². The summed E-state index contributed by atoms with van der Waals surface area (Å²) in [7, 11) is 1.91. The Bertz CT molecular complexity index is 688. The average molecular weight is 239 g/mol. The molecular formula is C13H13N5. The number of hydrogen-bond donors (Lipinski definition) is 1. The zero-order chi connectivity index (χ0) is 12.5. The first kappa shape index (κ1) is 10.9. The van der Waals surface area contributed by atoms with E-state index in [9.17, 15) is 0 Å². The number of fused-ring (bicyclic) bond motifs is 1. The van der Waals surface area contributed by atoms with Crippen molar-refractivity contribution in [2.24, 2.45) is 12.8 Å². The van der Waals surface area contributed by atoms with E-state index in [0.29, 0.717) is 0 Å². The van der Waals surface area contributed by atoms with E-state index in [4.69, 9.17) is 5.73 Å². The molecule has 5 heteroatoms. The first-order valence-electron chi connectivity index (χ1n) is 5.70. The van der Waals surface area contributed by atoms with E-state index >= 15 is 0 Å². The van der Waals surface area contributed by atoms with E-state index in [0.717, 1.165) is 22.6 Å². The fourth-order valence-corrected chi connectivity index (χ4v) is 1.93. The number of rotatable bonds is 2. The van der Waals surface area contributed by atoms with Gasteiger partial charge in [0.15, 0.2) is 0 Å². The minimum atomic E-state index is -0.359. The molecule has 2 aromatic heterocycles. The van der Waals surface area contributed by atoms with Crippen LogP contribution in [0.3, 0.4) is 0 Å². The molecule has 1 aromatic carbocycles. The maximum Gasteiger partial charge on any atom is 0.131 e. The lowest BCUT2D eigenvalue weighted by Gasteiger charge is -2.11. The molecule has 0 amide bonds. The van der Waals surface area contributed by atoms with Crippen LogP contribution in [-0.4, -0.2) is 19.5 Å². The molecular weight excluding hydrogens is 226 g/mol. The van der Waals surface area contributed by atoms with E-state index in [1.807, 2.05) is 42.1 Å². The third kappa shape index (κ3) is 1.74. The standard InChI is InChI=1S/C13H13N5/c1-18-7-6-15-13(18)12(14)11-8-16-9-4-2-3-5-10(9)17-11/h2-8,12H,14H2,1H3. The highest BCUT2D eigenvalue weighted by Crippen LogP contribution is 2.17. The summed E-state index contributed by atoms with van der Waals surface area (Å²) in [5.74, 6) is 0.777. The van der Waals surface area contributed by atoms with Crippen LogP contribution in [0, 0.1) is 0 Å².